The van der Waals surface area contributed by atoms with E-state index in [0.29, 0.717) is 5.92 Å². The molecule has 0 amide bonds. The summed E-state index contributed by atoms with van der Waals surface area (Å²) >= 11 is 0. The van der Waals surface area contributed by atoms with Crippen LogP contribution in [0, 0.1) is 6.92 Å². The number of nitrogens with one attached hydrogen (secondary N) is 2. The highest BCUT2D eigenvalue weighted by molar-refractivity contribution is 5.40. The molecule has 0 saturated heterocycles. The van der Waals surface area contributed by atoms with E-state index < -0.39 is 0 Å². The monoisotopic (exact) mass is 227 g/mol. The summed E-state index contributed by atoms with van der Waals surface area (Å²) in [6, 6.07) is 8.72. The van der Waals surface area contributed by atoms with Gasteiger partial charge < -0.3 is 10.3 Å². The van der Waals surface area contributed by atoms with Crippen LogP contribution in [0.2, 0.25) is 0 Å². The van der Waals surface area contributed by atoms with E-state index in [0.717, 1.165) is 24.5 Å². The lowest BCUT2D eigenvalue weighted by molar-refractivity contribution is 0.532. The number of rotatable bonds is 4. The van der Waals surface area contributed by atoms with Crippen LogP contribution >= 0.6 is 0 Å². The minimum absolute atomic E-state index is 0.686. The highest BCUT2D eigenvalue weighted by Crippen LogP contribution is 2.33. The van der Waals surface area contributed by atoms with Crippen LogP contribution in [0.5, 0.6) is 0 Å². The van der Waals surface area contributed by atoms with Gasteiger partial charge in [0.05, 0.1) is 12.0 Å². The van der Waals surface area contributed by atoms with E-state index in [1.807, 2.05) is 0 Å². The molecule has 3 rings (SSSR count). The van der Waals surface area contributed by atoms with Crippen LogP contribution in [0.25, 0.3) is 0 Å². The van der Waals surface area contributed by atoms with Crippen LogP contribution in [-0.4, -0.2) is 16.5 Å². The Morgan fingerprint density at radius 3 is 3.06 bits per heavy atom. The minimum atomic E-state index is 0.686. The van der Waals surface area contributed by atoms with Gasteiger partial charge in [-0.2, -0.15) is 0 Å². The zero-order chi connectivity index (χ0) is 11.7. The number of imidazole rings is 1. The van der Waals surface area contributed by atoms with Crippen LogP contribution in [0.1, 0.15) is 28.4 Å². The van der Waals surface area contributed by atoms with Gasteiger partial charge in [-0.1, -0.05) is 24.3 Å². The molecule has 1 aliphatic carbocycles. The largest absolute Gasteiger partial charge is 0.348 e. The molecule has 3 heteroatoms. The van der Waals surface area contributed by atoms with Crippen molar-refractivity contribution in [3.8, 4) is 0 Å². The van der Waals surface area contributed by atoms with Crippen molar-refractivity contribution >= 4 is 0 Å². The first kappa shape index (κ1) is 10.5. The number of hydrogen-bond acceptors (Lipinski definition) is 2. The predicted octanol–water partition coefficient (Wildman–Crippen LogP) is 2.15. The zero-order valence-corrected chi connectivity index (χ0v) is 10.0. The molecular weight excluding hydrogens is 210 g/mol. The lowest BCUT2D eigenvalue weighted by Gasteiger charge is -2.30. The maximum atomic E-state index is 4.28. The normalized spacial score (nSPS) is 17.6. The van der Waals surface area contributed by atoms with Crippen molar-refractivity contribution in [2.75, 3.05) is 6.54 Å². The van der Waals surface area contributed by atoms with Crippen molar-refractivity contribution in [2.24, 2.45) is 0 Å². The Hall–Kier alpha value is -1.61. The molecule has 0 bridgehead atoms. The molecule has 0 spiro atoms. The van der Waals surface area contributed by atoms with E-state index in [1.54, 1.807) is 6.33 Å². The predicted molar refractivity (Wildman–Crippen MR) is 67.9 cm³/mol. The van der Waals surface area contributed by atoms with Crippen molar-refractivity contribution in [3.05, 3.63) is 53.1 Å². The number of nitrogens with zero attached hydrogens (tertiary/aromatic N) is 1. The molecule has 0 radical (unpaired) electrons. The Labute approximate surface area is 101 Å². The molecule has 1 aromatic carbocycles. The topological polar surface area (TPSA) is 40.7 Å². The molecule has 0 aliphatic heterocycles. The van der Waals surface area contributed by atoms with Gasteiger partial charge in [0.25, 0.3) is 0 Å². The summed E-state index contributed by atoms with van der Waals surface area (Å²) in [7, 11) is 0. The van der Waals surface area contributed by atoms with Gasteiger partial charge in [-0.15, -0.1) is 0 Å². The van der Waals surface area contributed by atoms with Crippen LogP contribution in [0.4, 0.5) is 0 Å². The van der Waals surface area contributed by atoms with Gasteiger partial charge in [0.15, 0.2) is 0 Å². The van der Waals surface area contributed by atoms with Crippen molar-refractivity contribution < 1.29 is 0 Å². The fourth-order valence-electron chi connectivity index (χ4n) is 2.47. The van der Waals surface area contributed by atoms with Gasteiger partial charge in [-0.25, -0.2) is 4.98 Å². The third-order valence-corrected chi connectivity index (χ3v) is 3.58. The Kier molecular flexibility index (Phi) is 2.69. The summed E-state index contributed by atoms with van der Waals surface area (Å²) in [4.78, 5) is 7.38. The van der Waals surface area contributed by atoms with Gasteiger partial charge >= 0.3 is 0 Å². The van der Waals surface area contributed by atoms with Crippen LogP contribution in [0.3, 0.4) is 0 Å². The van der Waals surface area contributed by atoms with Crippen LogP contribution in [-0.2, 0) is 13.0 Å². The molecule has 1 aromatic heterocycles. The molecule has 1 aliphatic rings. The van der Waals surface area contributed by atoms with Crippen molar-refractivity contribution in [1.29, 1.82) is 0 Å². The summed E-state index contributed by atoms with van der Waals surface area (Å²) in [6.07, 6.45) is 2.97. The maximum Gasteiger partial charge on any atom is 0.0925 e. The van der Waals surface area contributed by atoms with Crippen molar-refractivity contribution in [1.82, 2.24) is 15.3 Å². The van der Waals surface area contributed by atoms with Gasteiger partial charge in [0, 0.05) is 24.7 Å². The highest BCUT2D eigenvalue weighted by Gasteiger charge is 2.24. The van der Waals surface area contributed by atoms with Crippen molar-refractivity contribution in [2.45, 2.75) is 25.8 Å². The standard InChI is InChI=1S/C14H17N3/c1-10-14(17-9-16-10)8-15-7-12-6-11-4-2-3-5-13(11)12/h2-5,9,12,15H,6-8H2,1H3,(H,16,17). The van der Waals surface area contributed by atoms with Crippen LogP contribution < -0.4 is 5.32 Å². The summed E-state index contributed by atoms with van der Waals surface area (Å²) < 4.78 is 0. The maximum absolute atomic E-state index is 4.28. The van der Waals surface area contributed by atoms with Gasteiger partial charge in [0.2, 0.25) is 0 Å². The SMILES string of the molecule is Cc1[nH]cnc1CNCC1Cc2ccccc21. The number of benzene rings is 1. The van der Waals surface area contributed by atoms with Gasteiger partial charge in [-0.05, 0) is 24.5 Å². The molecular formula is C14H17N3. The quantitative estimate of drug-likeness (QED) is 0.840. The second kappa shape index (κ2) is 4.34. The molecule has 1 unspecified atom stereocenters. The Bertz CT molecular complexity index is 516. The Balaban J connectivity index is 1.53. The van der Waals surface area contributed by atoms with Crippen LogP contribution in [0.15, 0.2) is 30.6 Å². The third kappa shape index (κ3) is 1.98. The molecule has 2 aromatic rings. The van der Waals surface area contributed by atoms with E-state index in [2.05, 4.69) is 46.5 Å². The number of H-pyrrole nitrogens is 1. The molecule has 1 heterocycles. The Morgan fingerprint density at radius 1 is 1.41 bits per heavy atom. The van der Waals surface area contributed by atoms with E-state index in [4.69, 9.17) is 0 Å². The van der Waals surface area contributed by atoms with E-state index in [1.165, 1.54) is 17.5 Å². The zero-order valence-electron chi connectivity index (χ0n) is 10.0. The Morgan fingerprint density at radius 2 is 2.29 bits per heavy atom. The van der Waals surface area contributed by atoms with E-state index >= 15 is 0 Å². The lowest BCUT2D eigenvalue weighted by Crippen LogP contribution is -2.29. The molecule has 2 N–H and O–H groups in total. The minimum Gasteiger partial charge on any atom is -0.348 e. The third-order valence-electron chi connectivity index (χ3n) is 3.58. The van der Waals surface area contributed by atoms with Gasteiger partial charge in [0.1, 0.15) is 0 Å². The molecule has 17 heavy (non-hydrogen) atoms. The van der Waals surface area contributed by atoms with E-state index in [9.17, 15) is 0 Å². The summed E-state index contributed by atoms with van der Waals surface area (Å²) in [5.41, 5.74) is 5.30. The second-order valence-corrected chi connectivity index (χ2v) is 4.70. The average molecular weight is 227 g/mol. The number of aryl methyl sites for hydroxylation is 1. The number of hydrogen-bond donors (Lipinski definition) is 2. The lowest BCUT2D eigenvalue weighted by atomic mass is 9.77. The van der Waals surface area contributed by atoms with Crippen molar-refractivity contribution in [3.63, 3.8) is 0 Å². The number of fused-ring (bicyclic) bond motifs is 1. The summed E-state index contributed by atoms with van der Waals surface area (Å²) in [5.74, 6) is 0.686. The first-order valence-corrected chi connectivity index (χ1v) is 6.12. The molecule has 88 valence electrons. The fourth-order valence-corrected chi connectivity index (χ4v) is 2.47. The highest BCUT2D eigenvalue weighted by atomic mass is 14.9. The molecule has 1 atom stereocenters. The first-order valence-electron chi connectivity index (χ1n) is 6.12. The first-order chi connectivity index (χ1) is 8.34. The summed E-state index contributed by atoms with van der Waals surface area (Å²) in [5, 5.41) is 3.49. The summed E-state index contributed by atoms with van der Waals surface area (Å²) in [6.45, 7) is 3.96. The molecule has 0 saturated carbocycles. The smallest absolute Gasteiger partial charge is 0.0925 e. The molecule has 0 fully saturated rings. The second-order valence-electron chi connectivity index (χ2n) is 4.70. The van der Waals surface area contributed by atoms with E-state index in [-0.39, 0.29) is 0 Å². The number of aromatic amines is 1. The fraction of sp³-hybridized carbons (Fsp3) is 0.357. The average Bonchev–Trinajstić information content (AvgIpc) is 2.71. The molecule has 3 nitrogen and oxygen atoms in total. The number of aromatic nitrogens is 2. The van der Waals surface area contributed by atoms with Gasteiger partial charge in [-0.3, -0.25) is 0 Å².